The number of piperidine rings is 1. The van der Waals surface area contributed by atoms with Gasteiger partial charge in [-0.15, -0.1) is 0 Å². The maximum Gasteiger partial charge on any atom is 0.254 e. The van der Waals surface area contributed by atoms with Crippen LogP contribution in [0.15, 0.2) is 54.6 Å². The zero-order valence-corrected chi connectivity index (χ0v) is 21.8. The van der Waals surface area contributed by atoms with E-state index in [4.69, 9.17) is 0 Å². The number of fused-ring (bicyclic) bond motifs is 2. The van der Waals surface area contributed by atoms with Crippen molar-refractivity contribution in [3.8, 4) is 0 Å². The summed E-state index contributed by atoms with van der Waals surface area (Å²) in [7, 11) is 0. The molecule has 2 N–H and O–H groups in total. The molecule has 0 aromatic heterocycles. The largest absolute Gasteiger partial charge is 0.385 e. The van der Waals surface area contributed by atoms with E-state index in [1.54, 1.807) is 0 Å². The average molecular weight is 490 g/mol. The van der Waals surface area contributed by atoms with Crippen LogP contribution in [0.25, 0.3) is 0 Å². The molecule has 2 saturated heterocycles. The minimum Gasteiger partial charge on any atom is -0.385 e. The monoisotopic (exact) mass is 489 g/mol. The predicted octanol–water partition coefficient (Wildman–Crippen LogP) is 4.65. The van der Waals surface area contributed by atoms with Crippen LogP contribution in [0.1, 0.15) is 68.8 Å². The van der Waals surface area contributed by atoms with Gasteiger partial charge < -0.3 is 15.3 Å². The molecule has 2 amide bonds. The Bertz CT molecular complexity index is 1110. The Balaban J connectivity index is 1.13. The third-order valence-corrected chi connectivity index (χ3v) is 8.45. The number of carbonyl (C=O) groups excluding carboxylic acids is 2. The summed E-state index contributed by atoms with van der Waals surface area (Å²) in [6, 6.07) is 17.4. The summed E-state index contributed by atoms with van der Waals surface area (Å²) in [4.78, 5) is 30.1. The standard InChI is InChI=1S/C30H39N3O3/c1-28(2)17-25-18-29(3,20-28)21-33(25)27(35)22-9-11-24(12-10-22)31-26(34)19-32-15-13-30(36,14-16-32)23-7-5-4-6-8-23/h4-12,25,36H,13-21H2,1-3H3,(H,31,34). The number of aliphatic hydroxyl groups is 1. The number of hydrogen-bond donors (Lipinski definition) is 2. The second-order valence-electron chi connectivity index (χ2n) is 12.4. The van der Waals surface area contributed by atoms with E-state index in [-0.39, 0.29) is 29.2 Å². The summed E-state index contributed by atoms with van der Waals surface area (Å²) in [5.74, 6) is 0.0150. The quantitative estimate of drug-likeness (QED) is 0.641. The van der Waals surface area contributed by atoms with Crippen molar-refractivity contribution in [3.05, 3.63) is 65.7 Å². The fraction of sp³-hybridized carbons (Fsp3) is 0.533. The molecule has 36 heavy (non-hydrogen) atoms. The topological polar surface area (TPSA) is 72.9 Å². The van der Waals surface area contributed by atoms with Crippen molar-refractivity contribution in [3.63, 3.8) is 0 Å². The smallest absolute Gasteiger partial charge is 0.254 e. The lowest BCUT2D eigenvalue weighted by atomic mass is 9.65. The molecule has 1 aliphatic carbocycles. The number of carbonyl (C=O) groups is 2. The molecule has 2 unspecified atom stereocenters. The third kappa shape index (κ3) is 5.21. The zero-order valence-electron chi connectivity index (χ0n) is 21.8. The van der Waals surface area contributed by atoms with Gasteiger partial charge in [-0.3, -0.25) is 14.5 Å². The Kier molecular flexibility index (Phi) is 6.46. The highest BCUT2D eigenvalue weighted by Crippen LogP contribution is 2.52. The van der Waals surface area contributed by atoms with E-state index in [1.165, 1.54) is 0 Å². The minimum atomic E-state index is -0.822. The van der Waals surface area contributed by atoms with Crippen LogP contribution >= 0.6 is 0 Å². The maximum atomic E-state index is 13.3. The van der Waals surface area contributed by atoms with Gasteiger partial charge in [-0.1, -0.05) is 51.1 Å². The second-order valence-corrected chi connectivity index (χ2v) is 12.4. The van der Waals surface area contributed by atoms with Crippen molar-refractivity contribution in [2.45, 2.75) is 64.5 Å². The lowest BCUT2D eigenvalue weighted by molar-refractivity contribution is -0.118. The van der Waals surface area contributed by atoms with Gasteiger partial charge in [0.25, 0.3) is 5.91 Å². The Labute approximate surface area is 214 Å². The molecule has 3 fully saturated rings. The molecule has 2 heterocycles. The summed E-state index contributed by atoms with van der Waals surface area (Å²) in [5, 5.41) is 14.0. The highest BCUT2D eigenvalue weighted by Gasteiger charge is 2.51. The molecule has 3 aliphatic rings. The van der Waals surface area contributed by atoms with Crippen LogP contribution in [0.5, 0.6) is 0 Å². The average Bonchev–Trinajstić information content (AvgIpc) is 3.09. The zero-order chi connectivity index (χ0) is 25.6. The number of anilines is 1. The predicted molar refractivity (Wildman–Crippen MR) is 142 cm³/mol. The number of nitrogens with zero attached hydrogens (tertiary/aromatic N) is 2. The summed E-state index contributed by atoms with van der Waals surface area (Å²) < 4.78 is 0. The molecular formula is C30H39N3O3. The third-order valence-electron chi connectivity index (χ3n) is 8.45. The first-order chi connectivity index (χ1) is 17.0. The van der Waals surface area contributed by atoms with E-state index in [0.29, 0.717) is 43.2 Å². The summed E-state index contributed by atoms with van der Waals surface area (Å²) >= 11 is 0. The summed E-state index contributed by atoms with van der Waals surface area (Å²) in [6.45, 7) is 9.39. The van der Waals surface area contributed by atoms with Crippen LogP contribution in [-0.4, -0.2) is 58.9 Å². The highest BCUT2D eigenvalue weighted by atomic mass is 16.3. The molecule has 6 heteroatoms. The Morgan fingerprint density at radius 2 is 1.64 bits per heavy atom. The SMILES string of the molecule is CC1(C)CC2CC(C)(CN2C(=O)c2ccc(NC(=O)CN3CCC(O)(c4ccccc4)CC3)cc2)C1. The van der Waals surface area contributed by atoms with Gasteiger partial charge in [0.15, 0.2) is 0 Å². The van der Waals surface area contributed by atoms with Gasteiger partial charge in [0.2, 0.25) is 5.91 Å². The minimum absolute atomic E-state index is 0.0808. The lowest BCUT2D eigenvalue weighted by Crippen LogP contribution is -2.45. The fourth-order valence-corrected chi connectivity index (χ4v) is 7.08. The van der Waals surface area contributed by atoms with Crippen LogP contribution in [0.4, 0.5) is 5.69 Å². The first-order valence-corrected chi connectivity index (χ1v) is 13.3. The van der Waals surface area contributed by atoms with Crippen LogP contribution in [-0.2, 0) is 10.4 Å². The van der Waals surface area contributed by atoms with Gasteiger partial charge in [0.1, 0.15) is 0 Å². The van der Waals surface area contributed by atoms with E-state index < -0.39 is 5.60 Å². The number of benzene rings is 2. The fourth-order valence-electron chi connectivity index (χ4n) is 7.08. The van der Waals surface area contributed by atoms with Crippen molar-refractivity contribution >= 4 is 17.5 Å². The summed E-state index contributed by atoms with van der Waals surface area (Å²) in [6.07, 6.45) is 4.52. The van der Waals surface area contributed by atoms with Gasteiger partial charge in [-0.25, -0.2) is 0 Å². The van der Waals surface area contributed by atoms with Crippen LogP contribution in [0, 0.1) is 10.8 Å². The molecule has 2 aromatic carbocycles. The molecule has 192 valence electrons. The Morgan fingerprint density at radius 3 is 2.31 bits per heavy atom. The van der Waals surface area contributed by atoms with Crippen molar-refractivity contribution in [1.82, 2.24) is 9.80 Å². The molecule has 2 bridgehead atoms. The van der Waals surface area contributed by atoms with E-state index in [2.05, 4.69) is 35.9 Å². The molecular weight excluding hydrogens is 450 g/mol. The number of rotatable bonds is 5. The van der Waals surface area contributed by atoms with E-state index in [0.717, 1.165) is 31.4 Å². The normalized spacial score (nSPS) is 27.0. The molecule has 6 nitrogen and oxygen atoms in total. The molecule has 0 radical (unpaired) electrons. The van der Waals surface area contributed by atoms with Gasteiger partial charge in [-0.05, 0) is 72.8 Å². The van der Waals surface area contributed by atoms with Crippen LogP contribution in [0.3, 0.4) is 0 Å². The second kappa shape index (κ2) is 9.31. The van der Waals surface area contributed by atoms with Crippen molar-refractivity contribution in [2.75, 3.05) is 31.5 Å². The number of likely N-dealkylation sites (tertiary alicyclic amines) is 2. The number of amides is 2. The maximum absolute atomic E-state index is 13.3. The van der Waals surface area contributed by atoms with Crippen molar-refractivity contribution in [1.29, 1.82) is 0 Å². The van der Waals surface area contributed by atoms with E-state index >= 15 is 0 Å². The van der Waals surface area contributed by atoms with Crippen molar-refractivity contribution in [2.24, 2.45) is 10.8 Å². The first-order valence-electron chi connectivity index (χ1n) is 13.3. The molecule has 2 aliphatic heterocycles. The van der Waals surface area contributed by atoms with Gasteiger partial charge in [0.05, 0.1) is 12.1 Å². The van der Waals surface area contributed by atoms with Gasteiger partial charge in [0, 0.05) is 36.9 Å². The van der Waals surface area contributed by atoms with Crippen LogP contribution in [0.2, 0.25) is 0 Å². The molecule has 0 spiro atoms. The van der Waals surface area contributed by atoms with Crippen LogP contribution < -0.4 is 5.32 Å². The van der Waals surface area contributed by atoms with Gasteiger partial charge >= 0.3 is 0 Å². The highest BCUT2D eigenvalue weighted by molar-refractivity contribution is 5.96. The number of hydrogen-bond acceptors (Lipinski definition) is 4. The molecule has 2 aromatic rings. The Morgan fingerprint density at radius 1 is 0.972 bits per heavy atom. The molecule has 1 saturated carbocycles. The lowest BCUT2D eigenvalue weighted by Gasteiger charge is -2.39. The van der Waals surface area contributed by atoms with Gasteiger partial charge in [-0.2, -0.15) is 0 Å². The van der Waals surface area contributed by atoms with Crippen molar-refractivity contribution < 1.29 is 14.7 Å². The number of nitrogens with one attached hydrogen (secondary N) is 1. The Hall–Kier alpha value is -2.70. The van der Waals surface area contributed by atoms with E-state index in [9.17, 15) is 14.7 Å². The van der Waals surface area contributed by atoms with E-state index in [1.807, 2.05) is 54.6 Å². The molecule has 5 rings (SSSR count). The molecule has 2 atom stereocenters. The summed E-state index contributed by atoms with van der Waals surface area (Å²) in [5.41, 5.74) is 1.98. The first kappa shape index (κ1) is 25.0.